The number of nitrogens with zero attached hydrogens (tertiary/aromatic N) is 2. The Hall–Kier alpha value is -3.43. The van der Waals surface area contributed by atoms with E-state index in [0.717, 1.165) is 44.0 Å². The van der Waals surface area contributed by atoms with E-state index < -0.39 is 5.92 Å². The number of hydrogen-bond acceptors (Lipinski definition) is 6. The maximum Gasteiger partial charge on any atom is 0.231 e. The van der Waals surface area contributed by atoms with Crippen LogP contribution in [-0.4, -0.2) is 67.1 Å². The highest BCUT2D eigenvalue weighted by Crippen LogP contribution is 2.33. The van der Waals surface area contributed by atoms with Crippen molar-refractivity contribution in [2.24, 2.45) is 5.92 Å². The predicted octanol–water partition coefficient (Wildman–Crippen LogP) is 3.12. The third-order valence-electron chi connectivity index (χ3n) is 6.14. The third kappa shape index (κ3) is 5.21. The number of amides is 1. The van der Waals surface area contributed by atoms with E-state index in [1.165, 1.54) is 12.1 Å². The molecule has 3 heterocycles. The average molecular weight is 467 g/mol. The predicted molar refractivity (Wildman–Crippen MR) is 124 cm³/mol. The van der Waals surface area contributed by atoms with E-state index in [0.29, 0.717) is 35.8 Å². The monoisotopic (exact) mass is 466 g/mol. The standard InChI is InChI=1S/C25H27FN4O4/c26-21-2-4-23-18(12-21)11-19(16-34-23)25(31)29-22-3-1-17(20-14-27-28-15-20)13-24(22)33-10-7-30-5-8-32-9-6-30/h1-4,12-15,19H,5-11,16H2,(H,27,28)(H,29,31). The zero-order chi connectivity index (χ0) is 23.3. The van der Waals surface area contributed by atoms with E-state index in [1.54, 1.807) is 18.5 Å². The Morgan fingerprint density at radius 1 is 1.21 bits per heavy atom. The molecule has 3 aromatic rings. The van der Waals surface area contributed by atoms with Crippen LogP contribution in [-0.2, 0) is 16.0 Å². The number of H-pyrrole nitrogens is 1. The van der Waals surface area contributed by atoms with Gasteiger partial charge in [-0.3, -0.25) is 14.8 Å². The highest BCUT2D eigenvalue weighted by atomic mass is 19.1. The molecule has 2 aliphatic rings. The number of ether oxygens (including phenoxy) is 3. The first-order valence-corrected chi connectivity index (χ1v) is 11.4. The lowest BCUT2D eigenvalue weighted by Crippen LogP contribution is -2.38. The van der Waals surface area contributed by atoms with Gasteiger partial charge in [0, 0.05) is 31.4 Å². The fourth-order valence-corrected chi connectivity index (χ4v) is 4.21. The lowest BCUT2D eigenvalue weighted by molar-refractivity contribution is -0.121. The minimum absolute atomic E-state index is 0.191. The van der Waals surface area contributed by atoms with Gasteiger partial charge in [0.2, 0.25) is 5.91 Å². The number of aromatic amines is 1. The summed E-state index contributed by atoms with van der Waals surface area (Å²) in [5.41, 5.74) is 3.14. The Balaban J connectivity index is 1.29. The molecule has 0 radical (unpaired) electrons. The summed E-state index contributed by atoms with van der Waals surface area (Å²) in [5, 5.41) is 9.82. The van der Waals surface area contributed by atoms with E-state index in [2.05, 4.69) is 20.4 Å². The van der Waals surface area contributed by atoms with Crippen LogP contribution in [0.2, 0.25) is 0 Å². The number of morpholine rings is 1. The highest BCUT2D eigenvalue weighted by molar-refractivity contribution is 5.95. The molecule has 1 atom stereocenters. The van der Waals surface area contributed by atoms with Gasteiger partial charge in [-0.25, -0.2) is 4.39 Å². The minimum atomic E-state index is -0.427. The fourth-order valence-electron chi connectivity index (χ4n) is 4.21. The SMILES string of the molecule is O=C(Nc1ccc(-c2cn[nH]c2)cc1OCCN1CCOCC1)C1COc2ccc(F)cc2C1. The molecule has 8 nitrogen and oxygen atoms in total. The molecule has 9 heteroatoms. The summed E-state index contributed by atoms with van der Waals surface area (Å²) in [5.74, 6) is 0.257. The lowest BCUT2D eigenvalue weighted by atomic mass is 9.95. The number of nitrogens with one attached hydrogen (secondary N) is 2. The van der Waals surface area contributed by atoms with Gasteiger partial charge in [0.05, 0.1) is 31.0 Å². The molecule has 0 aliphatic carbocycles. The Labute approximate surface area is 197 Å². The molecule has 1 saturated heterocycles. The van der Waals surface area contributed by atoms with Crippen molar-refractivity contribution in [2.75, 3.05) is 51.4 Å². The van der Waals surface area contributed by atoms with E-state index in [4.69, 9.17) is 14.2 Å². The van der Waals surface area contributed by atoms with Gasteiger partial charge in [-0.1, -0.05) is 6.07 Å². The van der Waals surface area contributed by atoms with E-state index in [1.807, 2.05) is 18.2 Å². The van der Waals surface area contributed by atoms with Gasteiger partial charge in [0.1, 0.15) is 30.5 Å². The van der Waals surface area contributed by atoms with Crippen LogP contribution in [0, 0.1) is 11.7 Å². The number of fused-ring (bicyclic) bond motifs is 1. The summed E-state index contributed by atoms with van der Waals surface area (Å²) in [6.45, 7) is 4.71. The number of halogens is 1. The Bertz CT molecular complexity index is 1130. The van der Waals surface area contributed by atoms with Crippen LogP contribution in [0.4, 0.5) is 10.1 Å². The van der Waals surface area contributed by atoms with Crippen LogP contribution < -0.4 is 14.8 Å². The molecule has 0 bridgehead atoms. The number of anilines is 1. The zero-order valence-electron chi connectivity index (χ0n) is 18.8. The first-order chi connectivity index (χ1) is 16.7. The largest absolute Gasteiger partial charge is 0.492 e. The van der Waals surface area contributed by atoms with Crippen LogP contribution >= 0.6 is 0 Å². The first-order valence-electron chi connectivity index (χ1n) is 11.4. The molecule has 1 unspecified atom stereocenters. The molecular formula is C25H27FN4O4. The number of carbonyl (C=O) groups is 1. The van der Waals surface area contributed by atoms with Gasteiger partial charge in [0.25, 0.3) is 0 Å². The summed E-state index contributed by atoms with van der Waals surface area (Å²) in [6, 6.07) is 10.0. The summed E-state index contributed by atoms with van der Waals surface area (Å²) in [7, 11) is 0. The molecule has 2 N–H and O–H groups in total. The van der Waals surface area contributed by atoms with E-state index in [9.17, 15) is 9.18 Å². The van der Waals surface area contributed by atoms with Crippen molar-refractivity contribution in [3.8, 4) is 22.6 Å². The van der Waals surface area contributed by atoms with Crippen LogP contribution in [0.25, 0.3) is 11.1 Å². The van der Waals surface area contributed by atoms with Gasteiger partial charge in [-0.15, -0.1) is 0 Å². The number of aromatic nitrogens is 2. The van der Waals surface area contributed by atoms with Crippen molar-refractivity contribution in [3.63, 3.8) is 0 Å². The fraction of sp³-hybridized carbons (Fsp3) is 0.360. The molecule has 1 aromatic heterocycles. The molecule has 1 amide bonds. The maximum atomic E-state index is 13.6. The highest BCUT2D eigenvalue weighted by Gasteiger charge is 2.27. The molecular weight excluding hydrogens is 439 g/mol. The quantitative estimate of drug-likeness (QED) is 0.556. The molecule has 0 saturated carbocycles. The van der Waals surface area contributed by atoms with Crippen LogP contribution in [0.1, 0.15) is 5.56 Å². The van der Waals surface area contributed by atoms with Crippen molar-refractivity contribution in [2.45, 2.75) is 6.42 Å². The normalized spacial score (nSPS) is 18.1. The van der Waals surface area contributed by atoms with Gasteiger partial charge in [0.15, 0.2) is 0 Å². The van der Waals surface area contributed by atoms with Gasteiger partial charge >= 0.3 is 0 Å². The van der Waals surface area contributed by atoms with Gasteiger partial charge < -0.3 is 19.5 Å². The molecule has 2 aliphatic heterocycles. The van der Waals surface area contributed by atoms with Crippen molar-refractivity contribution < 1.29 is 23.4 Å². The average Bonchev–Trinajstić information content (AvgIpc) is 3.40. The smallest absolute Gasteiger partial charge is 0.231 e. The van der Waals surface area contributed by atoms with Gasteiger partial charge in [-0.2, -0.15) is 5.10 Å². The van der Waals surface area contributed by atoms with Crippen LogP contribution in [0.15, 0.2) is 48.8 Å². The Kier molecular flexibility index (Phi) is 6.73. The number of benzene rings is 2. The van der Waals surface area contributed by atoms with Crippen molar-refractivity contribution in [3.05, 3.63) is 60.2 Å². The Morgan fingerprint density at radius 3 is 2.91 bits per heavy atom. The second-order valence-corrected chi connectivity index (χ2v) is 8.45. The lowest BCUT2D eigenvalue weighted by Gasteiger charge is -2.27. The summed E-state index contributed by atoms with van der Waals surface area (Å²) in [6.07, 6.45) is 3.96. The number of rotatable bonds is 7. The maximum absolute atomic E-state index is 13.6. The second-order valence-electron chi connectivity index (χ2n) is 8.45. The van der Waals surface area contributed by atoms with E-state index >= 15 is 0 Å². The van der Waals surface area contributed by atoms with E-state index in [-0.39, 0.29) is 18.3 Å². The molecule has 178 valence electrons. The zero-order valence-corrected chi connectivity index (χ0v) is 18.8. The van der Waals surface area contributed by atoms with Gasteiger partial charge in [-0.05, 0) is 47.9 Å². The summed E-state index contributed by atoms with van der Waals surface area (Å²) >= 11 is 0. The molecule has 2 aromatic carbocycles. The molecule has 34 heavy (non-hydrogen) atoms. The van der Waals surface area contributed by atoms with Crippen molar-refractivity contribution in [1.82, 2.24) is 15.1 Å². The van der Waals surface area contributed by atoms with Crippen molar-refractivity contribution >= 4 is 11.6 Å². The number of carbonyl (C=O) groups excluding carboxylic acids is 1. The molecule has 1 fully saturated rings. The topological polar surface area (TPSA) is 88.7 Å². The molecule has 5 rings (SSSR count). The Morgan fingerprint density at radius 2 is 2.09 bits per heavy atom. The summed E-state index contributed by atoms with van der Waals surface area (Å²) in [4.78, 5) is 15.4. The van der Waals surface area contributed by atoms with Crippen molar-refractivity contribution in [1.29, 1.82) is 0 Å². The third-order valence-corrected chi connectivity index (χ3v) is 6.14. The molecule has 0 spiro atoms. The first kappa shape index (κ1) is 22.4. The number of hydrogen-bond donors (Lipinski definition) is 2. The van der Waals surface area contributed by atoms with Crippen LogP contribution in [0.5, 0.6) is 11.5 Å². The minimum Gasteiger partial charge on any atom is -0.492 e. The second kappa shape index (κ2) is 10.2. The van der Waals surface area contributed by atoms with Crippen LogP contribution in [0.3, 0.4) is 0 Å². The summed E-state index contributed by atoms with van der Waals surface area (Å²) < 4.78 is 30.9.